The molecule has 0 amide bonds. The van der Waals surface area contributed by atoms with Gasteiger partial charge in [-0.25, -0.2) is 4.68 Å². The molecule has 1 aromatic heterocycles. The Morgan fingerprint density at radius 1 is 1.38 bits per heavy atom. The van der Waals surface area contributed by atoms with E-state index in [1.807, 2.05) is 6.92 Å². The maximum atomic E-state index is 9.26. The fourth-order valence-electron chi connectivity index (χ4n) is 2.25. The maximum absolute atomic E-state index is 9.26. The molecule has 1 aliphatic heterocycles. The van der Waals surface area contributed by atoms with Gasteiger partial charge in [0, 0.05) is 17.8 Å². The largest absolute Gasteiger partial charge is 0.492 e. The zero-order chi connectivity index (χ0) is 11.7. The summed E-state index contributed by atoms with van der Waals surface area (Å²) in [7, 11) is -1.46. The van der Waals surface area contributed by atoms with E-state index in [2.05, 4.69) is 5.10 Å². The molecule has 2 heterocycles. The molecule has 0 spiro atoms. The number of aromatic nitrogens is 2. The predicted molar refractivity (Wildman–Crippen MR) is 60.4 cm³/mol. The van der Waals surface area contributed by atoms with Gasteiger partial charge in [0.05, 0.1) is 5.69 Å². The number of nitrogens with zero attached hydrogens (tertiary/aromatic N) is 2. The summed E-state index contributed by atoms with van der Waals surface area (Å²) >= 11 is 0. The Kier molecular flexibility index (Phi) is 3.32. The fourth-order valence-corrected chi connectivity index (χ4v) is 2.25. The van der Waals surface area contributed by atoms with Crippen molar-refractivity contribution >= 4 is 12.6 Å². The van der Waals surface area contributed by atoms with Crippen LogP contribution in [0.3, 0.4) is 0 Å². The van der Waals surface area contributed by atoms with Gasteiger partial charge in [0.1, 0.15) is 6.23 Å². The molecule has 2 rings (SSSR count). The average Bonchev–Trinajstić information content (AvgIpc) is 2.55. The normalized spacial score (nSPS) is 21.1. The lowest BCUT2D eigenvalue weighted by Gasteiger charge is -2.24. The molecule has 88 valence electrons. The molecule has 0 radical (unpaired) electrons. The van der Waals surface area contributed by atoms with Gasteiger partial charge in [-0.3, -0.25) is 0 Å². The summed E-state index contributed by atoms with van der Waals surface area (Å²) < 4.78 is 7.40. The van der Waals surface area contributed by atoms with Gasteiger partial charge in [0.2, 0.25) is 0 Å². The second-order valence-corrected chi connectivity index (χ2v) is 4.22. The summed E-state index contributed by atoms with van der Waals surface area (Å²) in [6.07, 6.45) is 3.09. The van der Waals surface area contributed by atoms with Crippen molar-refractivity contribution in [3.8, 4) is 0 Å². The zero-order valence-corrected chi connectivity index (χ0v) is 9.68. The monoisotopic (exact) mass is 224 g/mol. The molecular weight excluding hydrogens is 207 g/mol. The first-order valence-electron chi connectivity index (χ1n) is 5.64. The molecule has 5 nitrogen and oxygen atoms in total. The summed E-state index contributed by atoms with van der Waals surface area (Å²) in [5.41, 5.74) is 1.93. The Morgan fingerprint density at radius 3 is 2.62 bits per heavy atom. The van der Waals surface area contributed by atoms with Gasteiger partial charge in [-0.1, -0.05) is 0 Å². The molecule has 1 fully saturated rings. The fraction of sp³-hybridized carbons (Fsp3) is 0.700. The highest BCUT2D eigenvalue weighted by Gasteiger charge is 2.26. The van der Waals surface area contributed by atoms with Gasteiger partial charge < -0.3 is 14.8 Å². The lowest BCUT2D eigenvalue weighted by atomic mass is 9.78. The smallest absolute Gasteiger partial charge is 0.423 e. The zero-order valence-electron chi connectivity index (χ0n) is 9.68. The Hall–Kier alpha value is -0.845. The van der Waals surface area contributed by atoms with E-state index in [0.717, 1.165) is 31.6 Å². The average molecular weight is 224 g/mol. The van der Waals surface area contributed by atoms with Crippen LogP contribution in [-0.4, -0.2) is 33.6 Å². The minimum Gasteiger partial charge on any atom is -0.423 e. The summed E-state index contributed by atoms with van der Waals surface area (Å²) in [6, 6.07) is 0. The summed E-state index contributed by atoms with van der Waals surface area (Å²) in [5.74, 6) is 0. The van der Waals surface area contributed by atoms with Crippen molar-refractivity contribution < 1.29 is 14.8 Å². The van der Waals surface area contributed by atoms with E-state index in [4.69, 9.17) is 4.74 Å². The number of hydrogen-bond acceptors (Lipinski definition) is 4. The Morgan fingerprint density at radius 2 is 2.12 bits per heavy atom. The third kappa shape index (κ3) is 2.00. The van der Waals surface area contributed by atoms with Crippen LogP contribution in [0.4, 0.5) is 0 Å². The van der Waals surface area contributed by atoms with Crippen LogP contribution in [0.15, 0.2) is 0 Å². The first-order valence-corrected chi connectivity index (χ1v) is 5.64. The van der Waals surface area contributed by atoms with Gasteiger partial charge >= 0.3 is 7.12 Å². The van der Waals surface area contributed by atoms with Crippen LogP contribution in [-0.2, 0) is 4.74 Å². The highest BCUT2D eigenvalue weighted by molar-refractivity contribution is 6.59. The second kappa shape index (κ2) is 4.57. The molecular formula is C10H17BN2O3. The van der Waals surface area contributed by atoms with Crippen LogP contribution < -0.4 is 5.46 Å². The first-order chi connectivity index (χ1) is 7.61. The van der Waals surface area contributed by atoms with Crippen molar-refractivity contribution in [3.05, 3.63) is 11.4 Å². The highest BCUT2D eigenvalue weighted by Crippen LogP contribution is 2.22. The minimum atomic E-state index is -1.46. The standard InChI is InChI=1S/C10H17BN2O3/c1-7-10(11(14)15)8(2)13(12-7)9-5-3-4-6-16-9/h9,14-15H,3-6H2,1-2H3/t9-/m0/s1. The van der Waals surface area contributed by atoms with Gasteiger partial charge in [-0.05, 0) is 33.1 Å². The molecule has 1 atom stereocenters. The maximum Gasteiger partial charge on any atom is 0.492 e. The Balaban J connectivity index is 2.30. The van der Waals surface area contributed by atoms with Gasteiger partial charge in [0.15, 0.2) is 0 Å². The predicted octanol–water partition coefficient (Wildman–Crippen LogP) is -0.121. The van der Waals surface area contributed by atoms with Crippen molar-refractivity contribution in [1.82, 2.24) is 9.78 Å². The number of rotatable bonds is 2. The summed E-state index contributed by atoms with van der Waals surface area (Å²) in [5, 5.41) is 22.8. The molecule has 0 aromatic carbocycles. The molecule has 1 aliphatic rings. The van der Waals surface area contributed by atoms with Crippen LogP contribution in [0.1, 0.15) is 36.9 Å². The van der Waals surface area contributed by atoms with E-state index in [9.17, 15) is 10.0 Å². The molecule has 0 bridgehead atoms. The van der Waals surface area contributed by atoms with Crippen molar-refractivity contribution in [2.24, 2.45) is 0 Å². The van der Waals surface area contributed by atoms with E-state index in [-0.39, 0.29) is 6.23 Å². The van der Waals surface area contributed by atoms with Crippen molar-refractivity contribution in [2.45, 2.75) is 39.3 Å². The molecule has 6 heteroatoms. The molecule has 0 unspecified atom stereocenters. The molecule has 0 saturated carbocycles. The van der Waals surface area contributed by atoms with Gasteiger partial charge in [-0.2, -0.15) is 5.10 Å². The lowest BCUT2D eigenvalue weighted by molar-refractivity contribution is -0.0407. The molecule has 1 saturated heterocycles. The SMILES string of the molecule is Cc1nn([C@@H]2CCCCO2)c(C)c1B(O)O. The topological polar surface area (TPSA) is 67.5 Å². The Labute approximate surface area is 95.2 Å². The minimum absolute atomic E-state index is 0.0556. The summed E-state index contributed by atoms with van der Waals surface area (Å²) in [6.45, 7) is 4.37. The quantitative estimate of drug-likeness (QED) is 0.687. The number of hydrogen-bond donors (Lipinski definition) is 2. The van der Waals surface area contributed by atoms with Crippen molar-refractivity contribution in [2.75, 3.05) is 6.61 Å². The van der Waals surface area contributed by atoms with Crippen molar-refractivity contribution in [3.63, 3.8) is 0 Å². The molecule has 0 aliphatic carbocycles. The van der Waals surface area contributed by atoms with Crippen LogP contribution in [0, 0.1) is 13.8 Å². The van der Waals surface area contributed by atoms with Crippen LogP contribution in [0.2, 0.25) is 0 Å². The van der Waals surface area contributed by atoms with Gasteiger partial charge in [0.25, 0.3) is 0 Å². The third-order valence-corrected chi connectivity index (χ3v) is 3.07. The van der Waals surface area contributed by atoms with E-state index in [0.29, 0.717) is 11.2 Å². The summed E-state index contributed by atoms with van der Waals surface area (Å²) in [4.78, 5) is 0. The highest BCUT2D eigenvalue weighted by atomic mass is 16.5. The van der Waals surface area contributed by atoms with E-state index >= 15 is 0 Å². The van der Waals surface area contributed by atoms with Crippen molar-refractivity contribution in [1.29, 1.82) is 0 Å². The lowest BCUT2D eigenvalue weighted by Crippen LogP contribution is -2.33. The van der Waals surface area contributed by atoms with E-state index < -0.39 is 7.12 Å². The van der Waals surface area contributed by atoms with E-state index in [1.165, 1.54) is 0 Å². The van der Waals surface area contributed by atoms with E-state index in [1.54, 1.807) is 11.6 Å². The molecule has 16 heavy (non-hydrogen) atoms. The van der Waals surface area contributed by atoms with Crippen LogP contribution in [0.25, 0.3) is 0 Å². The Bertz CT molecular complexity index is 372. The number of ether oxygens (including phenoxy) is 1. The van der Waals surface area contributed by atoms with Crippen LogP contribution >= 0.6 is 0 Å². The first kappa shape index (κ1) is 11.6. The second-order valence-electron chi connectivity index (χ2n) is 4.22. The molecule has 2 N–H and O–H groups in total. The third-order valence-electron chi connectivity index (χ3n) is 3.07. The van der Waals surface area contributed by atoms with Crippen LogP contribution in [0.5, 0.6) is 0 Å². The number of aryl methyl sites for hydroxylation is 1. The van der Waals surface area contributed by atoms with Gasteiger partial charge in [-0.15, -0.1) is 0 Å². The molecule has 1 aromatic rings.